The van der Waals surface area contributed by atoms with E-state index in [2.05, 4.69) is 5.16 Å². The number of rotatable bonds is 4. The molecule has 1 aromatic carbocycles. The predicted octanol–water partition coefficient (Wildman–Crippen LogP) is 2.55. The van der Waals surface area contributed by atoms with Gasteiger partial charge in [0.2, 0.25) is 0 Å². The van der Waals surface area contributed by atoms with Gasteiger partial charge in [-0.2, -0.15) is 0 Å². The van der Waals surface area contributed by atoms with Crippen molar-refractivity contribution in [2.24, 2.45) is 0 Å². The minimum atomic E-state index is -0.160. The Morgan fingerprint density at radius 2 is 2.05 bits per heavy atom. The molecule has 0 unspecified atom stereocenters. The zero-order valence-electron chi connectivity index (χ0n) is 11.6. The lowest BCUT2D eigenvalue weighted by molar-refractivity contribution is 0.0707. The van der Waals surface area contributed by atoms with Gasteiger partial charge < -0.3 is 9.42 Å². The van der Waals surface area contributed by atoms with Crippen LogP contribution in [0.25, 0.3) is 0 Å². The van der Waals surface area contributed by atoms with Gasteiger partial charge in [-0.05, 0) is 12.8 Å². The maximum absolute atomic E-state index is 12.3. The van der Waals surface area contributed by atoms with E-state index in [1.54, 1.807) is 23.1 Å². The van der Waals surface area contributed by atoms with Gasteiger partial charge in [0.25, 0.3) is 5.91 Å². The summed E-state index contributed by atoms with van der Waals surface area (Å²) in [4.78, 5) is 26.3. The second kappa shape index (κ2) is 5.91. The number of carbonyl (C=O) groups is 2. The summed E-state index contributed by atoms with van der Waals surface area (Å²) in [7, 11) is 0. The summed E-state index contributed by atoms with van der Waals surface area (Å²) >= 11 is 0. The number of ketones is 1. The average Bonchev–Trinajstić information content (AvgIpc) is 3.19. The fourth-order valence-electron chi connectivity index (χ4n) is 2.74. The van der Waals surface area contributed by atoms with E-state index in [1.807, 2.05) is 18.2 Å². The molecule has 1 aliphatic heterocycles. The number of aromatic nitrogens is 1. The number of benzene rings is 1. The van der Waals surface area contributed by atoms with Crippen molar-refractivity contribution in [2.45, 2.75) is 25.3 Å². The highest BCUT2D eigenvalue weighted by Crippen LogP contribution is 2.23. The molecule has 21 heavy (non-hydrogen) atoms. The van der Waals surface area contributed by atoms with E-state index in [1.165, 1.54) is 6.26 Å². The van der Waals surface area contributed by atoms with Crippen molar-refractivity contribution in [1.29, 1.82) is 0 Å². The van der Waals surface area contributed by atoms with Gasteiger partial charge in [0.1, 0.15) is 6.26 Å². The van der Waals surface area contributed by atoms with Crippen molar-refractivity contribution in [2.75, 3.05) is 6.54 Å². The Labute approximate surface area is 122 Å². The summed E-state index contributed by atoms with van der Waals surface area (Å²) < 4.78 is 4.72. The molecule has 1 aromatic heterocycles. The minimum Gasteiger partial charge on any atom is -0.364 e. The molecule has 2 aromatic rings. The lowest BCUT2D eigenvalue weighted by Crippen LogP contribution is -2.37. The summed E-state index contributed by atoms with van der Waals surface area (Å²) in [5, 5.41) is 3.68. The molecule has 1 atom stereocenters. The van der Waals surface area contributed by atoms with Crippen LogP contribution >= 0.6 is 0 Å². The van der Waals surface area contributed by atoms with Crippen molar-refractivity contribution < 1.29 is 14.1 Å². The first kappa shape index (κ1) is 13.5. The summed E-state index contributed by atoms with van der Waals surface area (Å²) in [6.45, 7) is 0.665. The van der Waals surface area contributed by atoms with E-state index in [0.29, 0.717) is 24.2 Å². The highest BCUT2D eigenvalue weighted by atomic mass is 16.5. The molecule has 3 rings (SSSR count). The molecule has 0 radical (unpaired) electrons. The Bertz CT molecular complexity index is 622. The van der Waals surface area contributed by atoms with E-state index >= 15 is 0 Å². The first-order valence-electron chi connectivity index (χ1n) is 7.05. The molecule has 0 N–H and O–H groups in total. The van der Waals surface area contributed by atoms with E-state index < -0.39 is 0 Å². The fraction of sp³-hybridized carbons (Fsp3) is 0.312. The first-order valence-corrected chi connectivity index (χ1v) is 7.05. The van der Waals surface area contributed by atoms with Crippen LogP contribution < -0.4 is 0 Å². The van der Waals surface area contributed by atoms with E-state index in [4.69, 9.17) is 4.52 Å². The molecule has 1 saturated heterocycles. The molecule has 5 nitrogen and oxygen atoms in total. The van der Waals surface area contributed by atoms with Crippen LogP contribution in [0.5, 0.6) is 0 Å². The van der Waals surface area contributed by atoms with Crippen LogP contribution in [-0.4, -0.2) is 34.3 Å². The van der Waals surface area contributed by atoms with Crippen molar-refractivity contribution in [3.8, 4) is 0 Å². The Morgan fingerprint density at radius 1 is 1.24 bits per heavy atom. The molecule has 2 heterocycles. The van der Waals surface area contributed by atoms with Crippen molar-refractivity contribution in [1.82, 2.24) is 10.1 Å². The molecule has 5 heteroatoms. The second-order valence-electron chi connectivity index (χ2n) is 5.17. The van der Waals surface area contributed by atoms with Crippen LogP contribution in [0, 0.1) is 0 Å². The minimum absolute atomic E-state index is 0.0538. The number of carbonyl (C=O) groups excluding carboxylic acids is 2. The van der Waals surface area contributed by atoms with Crippen LogP contribution in [0.3, 0.4) is 0 Å². The standard InChI is InChI=1S/C16H16N2O3/c19-15(12-5-2-1-3-6-12)11-13-7-4-9-18(13)16(20)14-8-10-21-17-14/h1-3,5-6,8,10,13H,4,7,9,11H2/t13-/m0/s1. The molecule has 1 amide bonds. The van der Waals surface area contributed by atoms with E-state index in [0.717, 1.165) is 12.8 Å². The molecular formula is C16H16N2O3. The lowest BCUT2D eigenvalue weighted by Gasteiger charge is -2.23. The highest BCUT2D eigenvalue weighted by molar-refractivity contribution is 5.97. The Balaban J connectivity index is 1.70. The molecule has 0 aliphatic carbocycles. The Kier molecular flexibility index (Phi) is 3.81. The molecule has 0 saturated carbocycles. The maximum atomic E-state index is 12.3. The summed E-state index contributed by atoms with van der Waals surface area (Å²) in [6, 6.07) is 10.7. The molecule has 1 aliphatic rings. The van der Waals surface area contributed by atoms with Crippen LogP contribution in [0.15, 0.2) is 47.2 Å². The Morgan fingerprint density at radius 3 is 2.76 bits per heavy atom. The van der Waals surface area contributed by atoms with Gasteiger partial charge >= 0.3 is 0 Å². The van der Waals surface area contributed by atoms with Gasteiger partial charge in [-0.15, -0.1) is 0 Å². The molecule has 108 valence electrons. The predicted molar refractivity (Wildman–Crippen MR) is 76.0 cm³/mol. The third-order valence-corrected chi connectivity index (χ3v) is 3.81. The monoisotopic (exact) mass is 284 g/mol. The van der Waals surface area contributed by atoms with Crippen molar-refractivity contribution >= 4 is 11.7 Å². The molecular weight excluding hydrogens is 268 g/mol. The van der Waals surface area contributed by atoms with Crippen molar-refractivity contribution in [3.63, 3.8) is 0 Å². The van der Waals surface area contributed by atoms with E-state index in [9.17, 15) is 9.59 Å². The van der Waals surface area contributed by atoms with E-state index in [-0.39, 0.29) is 17.7 Å². The van der Waals surface area contributed by atoms with Crippen molar-refractivity contribution in [3.05, 3.63) is 53.9 Å². The number of nitrogens with zero attached hydrogens (tertiary/aromatic N) is 2. The number of Topliss-reactive ketones (excluding diaryl/α,β-unsaturated/α-hetero) is 1. The van der Waals surface area contributed by atoms with Gasteiger partial charge in [-0.3, -0.25) is 9.59 Å². The molecule has 1 fully saturated rings. The average molecular weight is 284 g/mol. The number of amides is 1. The lowest BCUT2D eigenvalue weighted by atomic mass is 10.0. The first-order chi connectivity index (χ1) is 10.3. The summed E-state index contributed by atoms with van der Waals surface area (Å²) in [5.74, 6) is -0.0902. The smallest absolute Gasteiger partial charge is 0.276 e. The SMILES string of the molecule is O=C(C[C@@H]1CCCN1C(=O)c1ccon1)c1ccccc1. The van der Waals surface area contributed by atoms with Crippen LogP contribution in [-0.2, 0) is 0 Å². The maximum Gasteiger partial charge on any atom is 0.276 e. The third-order valence-electron chi connectivity index (χ3n) is 3.81. The number of hydrogen-bond donors (Lipinski definition) is 0. The highest BCUT2D eigenvalue weighted by Gasteiger charge is 2.32. The fourth-order valence-corrected chi connectivity index (χ4v) is 2.74. The van der Waals surface area contributed by atoms with Gasteiger partial charge in [0.05, 0.1) is 0 Å². The van der Waals surface area contributed by atoms with Crippen LogP contribution in [0.4, 0.5) is 0 Å². The zero-order valence-corrected chi connectivity index (χ0v) is 11.6. The largest absolute Gasteiger partial charge is 0.364 e. The normalized spacial score (nSPS) is 17.9. The van der Waals surface area contributed by atoms with Gasteiger partial charge in [-0.1, -0.05) is 35.5 Å². The number of likely N-dealkylation sites (tertiary alicyclic amines) is 1. The number of hydrogen-bond acceptors (Lipinski definition) is 4. The van der Waals surface area contributed by atoms with Crippen LogP contribution in [0.2, 0.25) is 0 Å². The second-order valence-corrected chi connectivity index (χ2v) is 5.17. The molecule has 0 bridgehead atoms. The summed E-state index contributed by atoms with van der Waals surface area (Å²) in [6.07, 6.45) is 3.50. The Hall–Kier alpha value is -2.43. The third kappa shape index (κ3) is 2.86. The van der Waals surface area contributed by atoms with Gasteiger partial charge in [0.15, 0.2) is 11.5 Å². The van der Waals surface area contributed by atoms with Gasteiger partial charge in [-0.25, -0.2) is 0 Å². The summed E-state index contributed by atoms with van der Waals surface area (Å²) in [5.41, 5.74) is 0.993. The quantitative estimate of drug-likeness (QED) is 0.809. The van der Waals surface area contributed by atoms with Gasteiger partial charge in [0, 0.05) is 30.6 Å². The van der Waals surface area contributed by atoms with Crippen LogP contribution in [0.1, 0.15) is 40.1 Å². The molecule has 0 spiro atoms. The zero-order chi connectivity index (χ0) is 14.7. The topological polar surface area (TPSA) is 63.4 Å².